The first-order chi connectivity index (χ1) is 9.97. The van der Waals surface area contributed by atoms with Crippen molar-refractivity contribution in [2.24, 2.45) is 5.92 Å². The van der Waals surface area contributed by atoms with Crippen LogP contribution in [0.1, 0.15) is 19.4 Å². The van der Waals surface area contributed by atoms with Gasteiger partial charge in [-0.2, -0.15) is 0 Å². The number of halogens is 2. The minimum absolute atomic E-state index is 0.0874. The maximum absolute atomic E-state index is 11.9. The molecule has 1 heterocycles. The highest BCUT2D eigenvalue weighted by molar-refractivity contribution is 6.35. The summed E-state index contributed by atoms with van der Waals surface area (Å²) in [6, 6.07) is 5.66. The van der Waals surface area contributed by atoms with Gasteiger partial charge in [0, 0.05) is 48.7 Å². The van der Waals surface area contributed by atoms with Gasteiger partial charge in [-0.25, -0.2) is 0 Å². The first-order valence-corrected chi connectivity index (χ1v) is 8.18. The SMILES string of the molecule is CC(C)C(=O)N1CCN(CCc2ccc(Cl)cc2Cl)CC1. The molecule has 116 valence electrons. The minimum atomic E-state index is 0.0874. The first kappa shape index (κ1) is 16.6. The van der Waals surface area contributed by atoms with Gasteiger partial charge in [0.05, 0.1) is 0 Å². The van der Waals surface area contributed by atoms with E-state index in [1.807, 2.05) is 30.9 Å². The molecule has 0 radical (unpaired) electrons. The minimum Gasteiger partial charge on any atom is -0.340 e. The molecule has 0 saturated carbocycles. The molecule has 0 aliphatic carbocycles. The van der Waals surface area contributed by atoms with Crippen molar-refractivity contribution in [3.63, 3.8) is 0 Å². The molecule has 1 amide bonds. The van der Waals surface area contributed by atoms with Crippen molar-refractivity contribution >= 4 is 29.1 Å². The maximum atomic E-state index is 11.9. The topological polar surface area (TPSA) is 23.6 Å². The Morgan fingerprint density at radius 3 is 2.43 bits per heavy atom. The molecule has 1 aromatic rings. The number of benzene rings is 1. The number of piperazine rings is 1. The van der Waals surface area contributed by atoms with Crippen LogP contribution in [0.3, 0.4) is 0 Å². The third kappa shape index (κ3) is 4.60. The lowest BCUT2D eigenvalue weighted by molar-refractivity contribution is -0.136. The molecular formula is C16H22Cl2N2O. The van der Waals surface area contributed by atoms with E-state index in [1.165, 1.54) is 0 Å². The summed E-state index contributed by atoms with van der Waals surface area (Å²) in [7, 11) is 0. The van der Waals surface area contributed by atoms with Gasteiger partial charge in [-0.05, 0) is 24.1 Å². The molecule has 0 unspecified atom stereocenters. The van der Waals surface area contributed by atoms with Crippen LogP contribution in [0.25, 0.3) is 0 Å². The molecule has 0 N–H and O–H groups in total. The van der Waals surface area contributed by atoms with Crippen LogP contribution in [0.2, 0.25) is 10.0 Å². The third-order valence-electron chi connectivity index (χ3n) is 3.89. The zero-order chi connectivity index (χ0) is 15.4. The normalized spacial score (nSPS) is 16.5. The highest BCUT2D eigenvalue weighted by Crippen LogP contribution is 2.21. The number of carbonyl (C=O) groups excluding carboxylic acids is 1. The average Bonchev–Trinajstić information content (AvgIpc) is 2.46. The molecule has 1 aliphatic rings. The zero-order valence-electron chi connectivity index (χ0n) is 12.6. The second kappa shape index (κ2) is 7.48. The fourth-order valence-corrected chi connectivity index (χ4v) is 3.06. The van der Waals surface area contributed by atoms with Crippen molar-refractivity contribution in [3.8, 4) is 0 Å². The largest absolute Gasteiger partial charge is 0.340 e. The van der Waals surface area contributed by atoms with E-state index in [-0.39, 0.29) is 11.8 Å². The van der Waals surface area contributed by atoms with Crippen molar-refractivity contribution in [1.29, 1.82) is 0 Å². The predicted octanol–water partition coefficient (Wildman–Crippen LogP) is 3.34. The molecule has 0 aromatic heterocycles. The lowest BCUT2D eigenvalue weighted by Gasteiger charge is -2.35. The lowest BCUT2D eigenvalue weighted by atomic mass is 10.1. The molecule has 2 rings (SSSR count). The highest BCUT2D eigenvalue weighted by Gasteiger charge is 2.22. The van der Waals surface area contributed by atoms with E-state index in [4.69, 9.17) is 23.2 Å². The Balaban J connectivity index is 1.80. The summed E-state index contributed by atoms with van der Waals surface area (Å²) in [5, 5.41) is 1.40. The lowest BCUT2D eigenvalue weighted by Crippen LogP contribution is -2.50. The molecule has 3 nitrogen and oxygen atoms in total. The molecule has 0 bridgehead atoms. The molecule has 0 spiro atoms. The van der Waals surface area contributed by atoms with Gasteiger partial charge in [-0.15, -0.1) is 0 Å². The quantitative estimate of drug-likeness (QED) is 0.846. The molecule has 0 atom stereocenters. The Labute approximate surface area is 136 Å². The Kier molecular flexibility index (Phi) is 5.91. The van der Waals surface area contributed by atoms with Crippen molar-refractivity contribution < 1.29 is 4.79 Å². The first-order valence-electron chi connectivity index (χ1n) is 7.42. The molecule has 1 fully saturated rings. The average molecular weight is 329 g/mol. The molecule has 5 heteroatoms. The van der Waals surface area contributed by atoms with Gasteiger partial charge in [-0.1, -0.05) is 43.1 Å². The summed E-state index contributed by atoms with van der Waals surface area (Å²) >= 11 is 12.1. The number of hydrogen-bond donors (Lipinski definition) is 0. The number of hydrogen-bond acceptors (Lipinski definition) is 2. The van der Waals surface area contributed by atoms with Gasteiger partial charge in [0.25, 0.3) is 0 Å². The van der Waals surface area contributed by atoms with Gasteiger partial charge >= 0.3 is 0 Å². The van der Waals surface area contributed by atoms with Crippen LogP contribution in [0.5, 0.6) is 0 Å². The smallest absolute Gasteiger partial charge is 0.225 e. The van der Waals surface area contributed by atoms with Crippen LogP contribution >= 0.6 is 23.2 Å². The summed E-state index contributed by atoms with van der Waals surface area (Å²) in [5.74, 6) is 0.347. The predicted molar refractivity (Wildman–Crippen MR) is 88.0 cm³/mol. The van der Waals surface area contributed by atoms with Crippen LogP contribution in [0.15, 0.2) is 18.2 Å². The van der Waals surface area contributed by atoms with E-state index in [1.54, 1.807) is 6.07 Å². The monoisotopic (exact) mass is 328 g/mol. The van der Waals surface area contributed by atoms with Crippen LogP contribution in [-0.4, -0.2) is 48.4 Å². The Hall–Kier alpha value is -0.770. The van der Waals surface area contributed by atoms with Crippen LogP contribution in [-0.2, 0) is 11.2 Å². The zero-order valence-corrected chi connectivity index (χ0v) is 14.1. The van der Waals surface area contributed by atoms with E-state index in [2.05, 4.69) is 4.90 Å². The van der Waals surface area contributed by atoms with E-state index < -0.39 is 0 Å². The summed E-state index contributed by atoms with van der Waals surface area (Å²) in [6.07, 6.45) is 0.911. The Morgan fingerprint density at radius 2 is 1.86 bits per heavy atom. The second-order valence-electron chi connectivity index (χ2n) is 5.81. The summed E-state index contributed by atoms with van der Waals surface area (Å²) in [6.45, 7) is 8.39. The number of rotatable bonds is 4. The summed E-state index contributed by atoms with van der Waals surface area (Å²) in [4.78, 5) is 16.3. The van der Waals surface area contributed by atoms with Crippen LogP contribution in [0.4, 0.5) is 0 Å². The van der Waals surface area contributed by atoms with E-state index in [0.29, 0.717) is 5.02 Å². The Bertz CT molecular complexity index is 497. The van der Waals surface area contributed by atoms with Crippen molar-refractivity contribution in [2.45, 2.75) is 20.3 Å². The standard InChI is InChI=1S/C16H22Cl2N2O/c1-12(2)16(21)20-9-7-19(8-10-20)6-5-13-3-4-14(17)11-15(13)18/h3-4,11-12H,5-10H2,1-2H3. The molecular weight excluding hydrogens is 307 g/mol. The molecule has 21 heavy (non-hydrogen) atoms. The third-order valence-corrected chi connectivity index (χ3v) is 4.48. The van der Waals surface area contributed by atoms with Crippen molar-refractivity contribution in [3.05, 3.63) is 33.8 Å². The van der Waals surface area contributed by atoms with Gasteiger partial charge in [0.1, 0.15) is 0 Å². The Morgan fingerprint density at radius 1 is 1.19 bits per heavy atom. The van der Waals surface area contributed by atoms with Crippen LogP contribution < -0.4 is 0 Å². The second-order valence-corrected chi connectivity index (χ2v) is 6.65. The molecule has 1 aliphatic heterocycles. The maximum Gasteiger partial charge on any atom is 0.225 e. The molecule has 1 saturated heterocycles. The van der Waals surface area contributed by atoms with E-state index in [9.17, 15) is 4.79 Å². The fourth-order valence-electron chi connectivity index (χ4n) is 2.56. The number of nitrogens with zero attached hydrogens (tertiary/aromatic N) is 2. The van der Waals surface area contributed by atoms with Gasteiger partial charge in [0.2, 0.25) is 5.91 Å². The molecule has 1 aromatic carbocycles. The van der Waals surface area contributed by atoms with Gasteiger partial charge in [-0.3, -0.25) is 9.69 Å². The fraction of sp³-hybridized carbons (Fsp3) is 0.562. The van der Waals surface area contributed by atoms with Crippen LogP contribution in [0, 0.1) is 5.92 Å². The van der Waals surface area contributed by atoms with Crippen molar-refractivity contribution in [1.82, 2.24) is 9.80 Å². The van der Waals surface area contributed by atoms with Crippen molar-refractivity contribution in [2.75, 3.05) is 32.7 Å². The van der Waals surface area contributed by atoms with Gasteiger partial charge < -0.3 is 4.90 Å². The summed E-state index contributed by atoms with van der Waals surface area (Å²) < 4.78 is 0. The van der Waals surface area contributed by atoms with E-state index in [0.717, 1.165) is 49.7 Å². The summed E-state index contributed by atoms with van der Waals surface area (Å²) in [5.41, 5.74) is 1.13. The highest BCUT2D eigenvalue weighted by atomic mass is 35.5. The van der Waals surface area contributed by atoms with Gasteiger partial charge in [0.15, 0.2) is 0 Å². The number of amides is 1. The number of carbonyl (C=O) groups is 1. The van der Waals surface area contributed by atoms with E-state index >= 15 is 0 Å².